The largest absolute Gasteiger partial charge is 0.359 e. The summed E-state index contributed by atoms with van der Waals surface area (Å²) in [6.07, 6.45) is -0.334. The van der Waals surface area contributed by atoms with Gasteiger partial charge >= 0.3 is 6.04 Å². The first-order valence-electron chi connectivity index (χ1n) is 2.98. The van der Waals surface area contributed by atoms with Gasteiger partial charge in [0, 0.05) is 19.4 Å². The quantitative estimate of drug-likeness (QED) is 0.582. The summed E-state index contributed by atoms with van der Waals surface area (Å²) in [4.78, 5) is 20.4. The van der Waals surface area contributed by atoms with E-state index < -0.39 is 12.0 Å². The molecule has 58 valence electrons. The molecule has 1 amide bonds. The van der Waals surface area contributed by atoms with Crippen LogP contribution in [0.4, 0.5) is 4.39 Å². The second-order valence-corrected chi connectivity index (χ2v) is 2.07. The van der Waals surface area contributed by atoms with Crippen LogP contribution in [0.15, 0.2) is 0 Å². The molecule has 1 N–H and O–H groups in total. The summed E-state index contributed by atoms with van der Waals surface area (Å²) in [5, 5.41) is 2.31. The molecule has 0 aromatic heterocycles. The molecule has 0 bridgehead atoms. The van der Waals surface area contributed by atoms with Gasteiger partial charge in [0.1, 0.15) is 0 Å². The molecule has 0 saturated heterocycles. The van der Waals surface area contributed by atoms with Crippen molar-refractivity contribution in [1.29, 1.82) is 0 Å². The number of halogens is 1. The van der Waals surface area contributed by atoms with Crippen LogP contribution in [0, 0.1) is 5.92 Å². The molecule has 0 fully saturated rings. The van der Waals surface area contributed by atoms with Crippen molar-refractivity contribution in [2.24, 2.45) is 5.92 Å². The second kappa shape index (κ2) is 3.98. The Labute approximate surface area is 58.6 Å². The van der Waals surface area contributed by atoms with Crippen molar-refractivity contribution in [3.05, 3.63) is 0 Å². The predicted octanol–water partition coefficient (Wildman–Crippen LogP) is 0.255. The first-order valence-corrected chi connectivity index (χ1v) is 2.98. The van der Waals surface area contributed by atoms with Crippen molar-refractivity contribution < 1.29 is 14.0 Å². The number of hydrogen-bond acceptors (Lipinski definition) is 2. The highest BCUT2D eigenvalue weighted by molar-refractivity contribution is 5.82. The zero-order valence-corrected chi connectivity index (χ0v) is 5.98. The summed E-state index contributed by atoms with van der Waals surface area (Å²) >= 11 is 0. The molecular formula is C6H10FNO2. The summed E-state index contributed by atoms with van der Waals surface area (Å²) in [5.74, 6) is -0.881. The minimum Gasteiger partial charge on any atom is -0.359 e. The number of hydrogen-bond donors (Lipinski definition) is 1. The highest BCUT2D eigenvalue weighted by Gasteiger charge is 2.14. The lowest BCUT2D eigenvalue weighted by molar-refractivity contribution is -0.134. The number of amides is 1. The van der Waals surface area contributed by atoms with Crippen LogP contribution in [0.25, 0.3) is 0 Å². The number of rotatable bonds is 3. The van der Waals surface area contributed by atoms with Crippen molar-refractivity contribution in [2.75, 3.05) is 7.05 Å². The van der Waals surface area contributed by atoms with E-state index in [4.69, 9.17) is 0 Å². The average Bonchev–Trinajstić information content (AvgIpc) is 1.85. The van der Waals surface area contributed by atoms with Gasteiger partial charge in [0.25, 0.3) is 0 Å². The summed E-state index contributed by atoms with van der Waals surface area (Å²) in [5.41, 5.74) is 0. The highest BCUT2D eigenvalue weighted by atomic mass is 19.1. The van der Waals surface area contributed by atoms with E-state index in [2.05, 4.69) is 5.32 Å². The van der Waals surface area contributed by atoms with Gasteiger partial charge in [-0.15, -0.1) is 0 Å². The van der Waals surface area contributed by atoms with Crippen LogP contribution in [0.2, 0.25) is 0 Å². The first kappa shape index (κ1) is 9.07. The minimum atomic E-state index is -1.45. The van der Waals surface area contributed by atoms with E-state index in [1.807, 2.05) is 0 Å². The zero-order valence-electron chi connectivity index (χ0n) is 5.98. The standard InChI is InChI=1S/C6H10FNO2/c1-4(3-5(7)9)6(10)8-2/h4H,3H2,1-2H3,(H,8,10). The summed E-state index contributed by atoms with van der Waals surface area (Å²) in [6.45, 7) is 1.50. The lowest BCUT2D eigenvalue weighted by Crippen LogP contribution is -2.26. The van der Waals surface area contributed by atoms with Crippen LogP contribution >= 0.6 is 0 Å². The fourth-order valence-corrected chi connectivity index (χ4v) is 0.580. The van der Waals surface area contributed by atoms with Gasteiger partial charge in [-0.3, -0.25) is 9.59 Å². The Hall–Kier alpha value is -0.930. The first-order chi connectivity index (χ1) is 4.57. The predicted molar refractivity (Wildman–Crippen MR) is 34.0 cm³/mol. The molecular weight excluding hydrogens is 137 g/mol. The maximum absolute atomic E-state index is 11.6. The minimum absolute atomic E-state index is 0.314. The van der Waals surface area contributed by atoms with Crippen LogP contribution in [0.1, 0.15) is 13.3 Å². The smallest absolute Gasteiger partial charge is 0.302 e. The van der Waals surface area contributed by atoms with Crippen LogP contribution in [0.3, 0.4) is 0 Å². The van der Waals surface area contributed by atoms with E-state index >= 15 is 0 Å². The summed E-state index contributed by atoms with van der Waals surface area (Å²) < 4.78 is 11.6. The van der Waals surface area contributed by atoms with E-state index in [1.165, 1.54) is 14.0 Å². The Bertz CT molecular complexity index is 147. The van der Waals surface area contributed by atoms with E-state index in [0.29, 0.717) is 0 Å². The maximum Gasteiger partial charge on any atom is 0.302 e. The molecule has 0 aromatic rings. The van der Waals surface area contributed by atoms with Gasteiger partial charge in [-0.2, -0.15) is 4.39 Å². The zero-order chi connectivity index (χ0) is 8.15. The lowest BCUT2D eigenvalue weighted by atomic mass is 10.1. The van der Waals surface area contributed by atoms with Crippen LogP contribution in [-0.2, 0) is 9.59 Å². The van der Waals surface area contributed by atoms with Gasteiger partial charge < -0.3 is 5.32 Å². The van der Waals surface area contributed by atoms with Crippen molar-refractivity contribution >= 4 is 11.9 Å². The molecule has 1 atom stereocenters. The Morgan fingerprint density at radius 2 is 2.10 bits per heavy atom. The molecule has 1 unspecified atom stereocenters. The monoisotopic (exact) mass is 147 g/mol. The molecule has 3 nitrogen and oxygen atoms in total. The van der Waals surface area contributed by atoms with Gasteiger partial charge in [-0.1, -0.05) is 6.92 Å². The molecule has 0 aliphatic heterocycles. The topological polar surface area (TPSA) is 46.2 Å². The fourth-order valence-electron chi connectivity index (χ4n) is 0.580. The van der Waals surface area contributed by atoms with Crippen molar-refractivity contribution in [2.45, 2.75) is 13.3 Å². The number of carbonyl (C=O) groups excluding carboxylic acids is 2. The van der Waals surface area contributed by atoms with Crippen molar-refractivity contribution in [3.63, 3.8) is 0 Å². The molecule has 4 heteroatoms. The SMILES string of the molecule is CNC(=O)C(C)CC(=O)F. The Morgan fingerprint density at radius 1 is 1.60 bits per heavy atom. The second-order valence-electron chi connectivity index (χ2n) is 2.07. The molecule has 0 aliphatic carbocycles. The highest BCUT2D eigenvalue weighted by Crippen LogP contribution is 2.02. The Kier molecular flexibility index (Phi) is 3.61. The Balaban J connectivity index is 3.72. The van der Waals surface area contributed by atoms with Gasteiger partial charge in [0.15, 0.2) is 0 Å². The number of carbonyl (C=O) groups is 2. The molecule has 0 aromatic carbocycles. The van der Waals surface area contributed by atoms with E-state index in [9.17, 15) is 14.0 Å². The molecule has 0 radical (unpaired) electrons. The lowest BCUT2D eigenvalue weighted by Gasteiger charge is -2.04. The van der Waals surface area contributed by atoms with Crippen LogP contribution < -0.4 is 5.32 Å². The van der Waals surface area contributed by atoms with E-state index in [0.717, 1.165) is 0 Å². The van der Waals surface area contributed by atoms with Gasteiger partial charge in [0.05, 0.1) is 0 Å². The molecule has 0 aliphatic rings. The third kappa shape index (κ3) is 3.17. The third-order valence-electron chi connectivity index (χ3n) is 1.16. The van der Waals surface area contributed by atoms with E-state index in [1.54, 1.807) is 0 Å². The van der Waals surface area contributed by atoms with Gasteiger partial charge in [-0.25, -0.2) is 0 Å². The number of nitrogens with one attached hydrogen (secondary N) is 1. The van der Waals surface area contributed by atoms with Crippen LogP contribution in [-0.4, -0.2) is 19.0 Å². The van der Waals surface area contributed by atoms with Crippen molar-refractivity contribution in [3.8, 4) is 0 Å². The molecule has 10 heavy (non-hydrogen) atoms. The summed E-state index contributed by atoms with van der Waals surface area (Å²) in [6, 6.07) is -1.45. The van der Waals surface area contributed by atoms with Crippen molar-refractivity contribution in [1.82, 2.24) is 5.32 Å². The third-order valence-corrected chi connectivity index (χ3v) is 1.16. The average molecular weight is 147 g/mol. The van der Waals surface area contributed by atoms with Crippen LogP contribution in [0.5, 0.6) is 0 Å². The molecule has 0 spiro atoms. The maximum atomic E-state index is 11.6. The normalized spacial score (nSPS) is 12.3. The van der Waals surface area contributed by atoms with E-state index in [-0.39, 0.29) is 12.3 Å². The Morgan fingerprint density at radius 3 is 2.40 bits per heavy atom. The molecule has 0 heterocycles. The molecule has 0 saturated carbocycles. The fraction of sp³-hybridized carbons (Fsp3) is 0.667. The molecule has 0 rings (SSSR count). The summed E-state index contributed by atoms with van der Waals surface area (Å²) in [7, 11) is 1.45. The van der Waals surface area contributed by atoms with Gasteiger partial charge in [0.2, 0.25) is 5.91 Å². The van der Waals surface area contributed by atoms with Gasteiger partial charge in [-0.05, 0) is 0 Å².